The molecule has 0 aliphatic carbocycles. The fraction of sp³-hybridized carbons (Fsp3) is 0.500. The van der Waals surface area contributed by atoms with E-state index in [1.165, 1.54) is 12.1 Å². The van der Waals surface area contributed by atoms with Crippen molar-refractivity contribution in [3.8, 4) is 5.75 Å². The molecule has 1 aliphatic rings. The summed E-state index contributed by atoms with van der Waals surface area (Å²) < 4.78 is 28.1. The maximum absolute atomic E-state index is 11.7. The smallest absolute Gasteiger partial charge is 0.317 e. The number of carbonyl (C=O) groups excluding carboxylic acids is 1. The van der Waals surface area contributed by atoms with E-state index in [2.05, 4.69) is 5.32 Å². The molecular formula is C14H20N2O4S. The average molecular weight is 312 g/mol. The number of ether oxygens (including phenoxy) is 1. The molecule has 0 aromatic heterocycles. The molecule has 0 unspecified atom stereocenters. The minimum atomic E-state index is -3.18. The molecule has 2 amide bonds. The van der Waals surface area contributed by atoms with Gasteiger partial charge in [-0.2, -0.15) is 0 Å². The first kappa shape index (κ1) is 15.6. The third-order valence-corrected chi connectivity index (χ3v) is 4.42. The highest BCUT2D eigenvalue weighted by Crippen LogP contribution is 2.15. The Kier molecular flexibility index (Phi) is 5.06. The van der Waals surface area contributed by atoms with Crippen molar-refractivity contribution in [1.82, 2.24) is 10.2 Å². The summed E-state index contributed by atoms with van der Waals surface area (Å²) in [4.78, 5) is 13.8. The number of hydrogen-bond donors (Lipinski definition) is 1. The number of rotatable bonds is 5. The zero-order valence-electron chi connectivity index (χ0n) is 12.0. The van der Waals surface area contributed by atoms with Crippen molar-refractivity contribution in [2.24, 2.45) is 0 Å². The van der Waals surface area contributed by atoms with E-state index in [4.69, 9.17) is 4.74 Å². The van der Waals surface area contributed by atoms with Crippen LogP contribution < -0.4 is 10.1 Å². The van der Waals surface area contributed by atoms with Crippen LogP contribution in [0.15, 0.2) is 29.2 Å². The lowest BCUT2D eigenvalue weighted by Gasteiger charge is -2.16. The van der Waals surface area contributed by atoms with Gasteiger partial charge in [0.15, 0.2) is 9.84 Å². The van der Waals surface area contributed by atoms with Gasteiger partial charge in [-0.1, -0.05) is 0 Å². The molecule has 116 valence electrons. The van der Waals surface area contributed by atoms with Gasteiger partial charge in [-0.15, -0.1) is 0 Å². The Labute approximate surface area is 125 Å². The van der Waals surface area contributed by atoms with Crippen LogP contribution in [0.2, 0.25) is 0 Å². The van der Waals surface area contributed by atoms with Gasteiger partial charge in [-0.25, -0.2) is 13.2 Å². The van der Waals surface area contributed by atoms with Crippen LogP contribution in [0.3, 0.4) is 0 Å². The number of sulfone groups is 1. The van der Waals surface area contributed by atoms with Crippen molar-refractivity contribution in [3.63, 3.8) is 0 Å². The molecule has 1 heterocycles. The van der Waals surface area contributed by atoms with Crippen molar-refractivity contribution in [2.45, 2.75) is 17.7 Å². The number of nitrogens with zero attached hydrogens (tertiary/aromatic N) is 1. The lowest BCUT2D eigenvalue weighted by molar-refractivity contribution is 0.205. The zero-order valence-corrected chi connectivity index (χ0v) is 12.9. The van der Waals surface area contributed by atoms with E-state index < -0.39 is 9.84 Å². The lowest BCUT2D eigenvalue weighted by Crippen LogP contribution is -2.39. The average Bonchev–Trinajstić information content (AvgIpc) is 2.97. The van der Waals surface area contributed by atoms with E-state index in [9.17, 15) is 13.2 Å². The summed E-state index contributed by atoms with van der Waals surface area (Å²) >= 11 is 0. The molecule has 1 N–H and O–H groups in total. The first-order valence-electron chi connectivity index (χ1n) is 6.92. The summed E-state index contributed by atoms with van der Waals surface area (Å²) in [5, 5.41) is 2.80. The van der Waals surface area contributed by atoms with Gasteiger partial charge in [0.25, 0.3) is 0 Å². The number of nitrogens with one attached hydrogen (secondary N) is 1. The number of hydrogen-bond acceptors (Lipinski definition) is 4. The Bertz CT molecular complexity index is 577. The first-order valence-corrected chi connectivity index (χ1v) is 8.82. The third kappa shape index (κ3) is 4.63. The first-order chi connectivity index (χ1) is 9.97. The van der Waals surface area contributed by atoms with E-state index in [0.29, 0.717) is 18.9 Å². The second kappa shape index (κ2) is 6.80. The van der Waals surface area contributed by atoms with Gasteiger partial charge < -0.3 is 15.0 Å². The Morgan fingerprint density at radius 3 is 2.43 bits per heavy atom. The van der Waals surface area contributed by atoms with Crippen LogP contribution in [0.1, 0.15) is 12.8 Å². The number of urea groups is 1. The second-order valence-electron chi connectivity index (χ2n) is 5.02. The summed E-state index contributed by atoms with van der Waals surface area (Å²) in [7, 11) is -3.18. The highest BCUT2D eigenvalue weighted by atomic mass is 32.2. The summed E-state index contributed by atoms with van der Waals surface area (Å²) in [6, 6.07) is 6.18. The normalized spacial score (nSPS) is 15.0. The number of benzene rings is 1. The molecule has 1 aromatic carbocycles. The molecule has 6 nitrogen and oxygen atoms in total. The van der Waals surface area contributed by atoms with Crippen molar-refractivity contribution in [2.75, 3.05) is 32.5 Å². The Morgan fingerprint density at radius 1 is 1.24 bits per heavy atom. The summed E-state index contributed by atoms with van der Waals surface area (Å²) in [6.45, 7) is 2.40. The summed E-state index contributed by atoms with van der Waals surface area (Å²) in [5.74, 6) is 0.581. The maximum atomic E-state index is 11.7. The van der Waals surface area contributed by atoms with Crippen molar-refractivity contribution in [1.29, 1.82) is 0 Å². The quantitative estimate of drug-likeness (QED) is 0.831. The fourth-order valence-corrected chi connectivity index (χ4v) is 2.77. The SMILES string of the molecule is CS(=O)(=O)c1ccc(OCCNC(=O)N2CCCC2)cc1. The van der Waals surface area contributed by atoms with Gasteiger partial charge in [0, 0.05) is 19.3 Å². The summed E-state index contributed by atoms with van der Waals surface area (Å²) in [6.07, 6.45) is 3.30. The molecule has 0 saturated carbocycles. The van der Waals surface area contributed by atoms with E-state index in [-0.39, 0.29) is 10.9 Å². The summed E-state index contributed by atoms with van der Waals surface area (Å²) in [5.41, 5.74) is 0. The van der Waals surface area contributed by atoms with Gasteiger partial charge in [-0.3, -0.25) is 0 Å². The van der Waals surface area contributed by atoms with Crippen LogP contribution in [0, 0.1) is 0 Å². The number of amides is 2. The Hall–Kier alpha value is -1.76. The Morgan fingerprint density at radius 2 is 1.86 bits per heavy atom. The van der Waals surface area contributed by atoms with Gasteiger partial charge in [0.1, 0.15) is 12.4 Å². The molecule has 1 saturated heterocycles. The predicted octanol–water partition coefficient (Wildman–Crippen LogP) is 1.27. The van der Waals surface area contributed by atoms with Crippen LogP contribution in [0.5, 0.6) is 5.75 Å². The fourth-order valence-electron chi connectivity index (χ4n) is 2.14. The highest BCUT2D eigenvalue weighted by Gasteiger charge is 2.16. The lowest BCUT2D eigenvalue weighted by atomic mass is 10.3. The largest absolute Gasteiger partial charge is 0.492 e. The molecule has 0 radical (unpaired) electrons. The number of carbonyl (C=O) groups is 1. The van der Waals surface area contributed by atoms with E-state index >= 15 is 0 Å². The van der Waals surface area contributed by atoms with Gasteiger partial charge in [0.2, 0.25) is 0 Å². The molecule has 1 fully saturated rings. The minimum Gasteiger partial charge on any atom is -0.492 e. The molecule has 7 heteroatoms. The zero-order chi connectivity index (χ0) is 15.3. The van der Waals surface area contributed by atoms with Gasteiger partial charge >= 0.3 is 6.03 Å². The molecule has 1 aromatic rings. The van der Waals surface area contributed by atoms with Crippen LogP contribution in [0.4, 0.5) is 4.79 Å². The molecular weight excluding hydrogens is 292 g/mol. The van der Waals surface area contributed by atoms with E-state index in [0.717, 1.165) is 32.2 Å². The second-order valence-corrected chi connectivity index (χ2v) is 7.03. The van der Waals surface area contributed by atoms with Crippen molar-refractivity contribution >= 4 is 15.9 Å². The van der Waals surface area contributed by atoms with Crippen LogP contribution in [-0.2, 0) is 9.84 Å². The molecule has 0 bridgehead atoms. The maximum Gasteiger partial charge on any atom is 0.317 e. The molecule has 21 heavy (non-hydrogen) atoms. The van der Waals surface area contributed by atoms with E-state index in [1.54, 1.807) is 17.0 Å². The predicted molar refractivity (Wildman–Crippen MR) is 79.3 cm³/mol. The third-order valence-electron chi connectivity index (χ3n) is 3.29. The molecule has 2 rings (SSSR count). The monoisotopic (exact) mass is 312 g/mol. The van der Waals surface area contributed by atoms with Gasteiger partial charge in [0.05, 0.1) is 11.4 Å². The van der Waals surface area contributed by atoms with Crippen LogP contribution >= 0.6 is 0 Å². The molecule has 0 atom stereocenters. The molecule has 1 aliphatic heterocycles. The Balaban J connectivity index is 1.72. The molecule has 0 spiro atoms. The number of likely N-dealkylation sites (tertiary alicyclic amines) is 1. The van der Waals surface area contributed by atoms with Crippen LogP contribution in [0.25, 0.3) is 0 Å². The van der Waals surface area contributed by atoms with Crippen LogP contribution in [-0.4, -0.2) is 51.8 Å². The van der Waals surface area contributed by atoms with Gasteiger partial charge in [-0.05, 0) is 37.1 Å². The van der Waals surface area contributed by atoms with Crippen molar-refractivity contribution < 1.29 is 17.9 Å². The van der Waals surface area contributed by atoms with E-state index in [1.807, 2.05) is 0 Å². The topological polar surface area (TPSA) is 75.7 Å². The minimum absolute atomic E-state index is 0.0523. The highest BCUT2D eigenvalue weighted by molar-refractivity contribution is 7.90. The standard InChI is InChI=1S/C14H20N2O4S/c1-21(18,19)13-6-4-12(5-7-13)20-11-8-15-14(17)16-9-2-3-10-16/h4-7H,2-3,8-11H2,1H3,(H,15,17). The van der Waals surface area contributed by atoms with Crippen molar-refractivity contribution in [3.05, 3.63) is 24.3 Å².